The van der Waals surface area contributed by atoms with E-state index in [9.17, 15) is 8.78 Å². The van der Waals surface area contributed by atoms with E-state index in [0.29, 0.717) is 11.8 Å². The van der Waals surface area contributed by atoms with Crippen molar-refractivity contribution in [3.63, 3.8) is 0 Å². The average molecular weight is 227 g/mol. The van der Waals surface area contributed by atoms with Gasteiger partial charge in [-0.1, -0.05) is 0 Å². The second-order valence-electron chi connectivity index (χ2n) is 3.96. The third-order valence-corrected chi connectivity index (χ3v) is 2.87. The average Bonchev–Trinajstić information content (AvgIpc) is 3.06. The predicted octanol–water partition coefficient (Wildman–Crippen LogP) is 2.25. The van der Waals surface area contributed by atoms with E-state index in [-0.39, 0.29) is 18.3 Å². The topological polar surface area (TPSA) is 21.3 Å². The molecule has 2 nitrogen and oxygen atoms in total. The molecule has 0 aliphatic heterocycles. The zero-order valence-corrected chi connectivity index (χ0v) is 9.17. The van der Waals surface area contributed by atoms with Crippen LogP contribution in [-0.4, -0.2) is 26.4 Å². The van der Waals surface area contributed by atoms with Crippen molar-refractivity contribution in [3.8, 4) is 5.75 Å². The zero-order valence-electron chi connectivity index (χ0n) is 9.17. The number of rotatable bonds is 5. The Morgan fingerprint density at radius 2 is 2.31 bits per heavy atom. The minimum atomic E-state index is -0.531. The Balaban J connectivity index is 2.16. The fourth-order valence-corrected chi connectivity index (χ4v) is 1.95. The van der Waals surface area contributed by atoms with Gasteiger partial charge in [0.1, 0.15) is 24.8 Å². The quantitative estimate of drug-likeness (QED) is 0.833. The van der Waals surface area contributed by atoms with Gasteiger partial charge in [-0.25, -0.2) is 8.78 Å². The highest BCUT2D eigenvalue weighted by Crippen LogP contribution is 2.44. The summed E-state index contributed by atoms with van der Waals surface area (Å²) in [7, 11) is 1.88. The number of benzene rings is 1. The first-order valence-corrected chi connectivity index (χ1v) is 5.41. The second kappa shape index (κ2) is 4.78. The van der Waals surface area contributed by atoms with Crippen LogP contribution in [-0.2, 0) is 0 Å². The first kappa shape index (κ1) is 11.3. The van der Waals surface area contributed by atoms with Gasteiger partial charge in [-0.15, -0.1) is 0 Å². The van der Waals surface area contributed by atoms with Gasteiger partial charge in [-0.2, -0.15) is 0 Å². The number of hydrogen-bond donors (Lipinski definition) is 1. The third kappa shape index (κ3) is 2.32. The van der Waals surface area contributed by atoms with Gasteiger partial charge < -0.3 is 10.1 Å². The molecule has 0 radical (unpaired) electrons. The number of alkyl halides is 1. The van der Waals surface area contributed by atoms with Crippen LogP contribution in [0.2, 0.25) is 0 Å². The SMILES string of the molecule is CNC1CC1c1cc(F)ccc1OCCF. The lowest BCUT2D eigenvalue weighted by Gasteiger charge is -2.10. The lowest BCUT2D eigenvalue weighted by molar-refractivity contribution is 0.270. The normalized spacial score (nSPS) is 23.2. The lowest BCUT2D eigenvalue weighted by atomic mass is 10.1. The first-order chi connectivity index (χ1) is 7.76. The number of likely N-dealkylation sites (N-methyl/N-ethyl adjacent to an activating group) is 1. The van der Waals surface area contributed by atoms with Crippen molar-refractivity contribution in [3.05, 3.63) is 29.6 Å². The zero-order chi connectivity index (χ0) is 11.5. The second-order valence-corrected chi connectivity index (χ2v) is 3.96. The van der Waals surface area contributed by atoms with Crippen LogP contribution in [0.4, 0.5) is 8.78 Å². The van der Waals surface area contributed by atoms with Crippen LogP contribution in [0.3, 0.4) is 0 Å². The predicted molar refractivity (Wildman–Crippen MR) is 58.1 cm³/mol. The maximum Gasteiger partial charge on any atom is 0.123 e. The highest BCUT2D eigenvalue weighted by atomic mass is 19.1. The van der Waals surface area contributed by atoms with E-state index in [1.807, 2.05) is 7.05 Å². The van der Waals surface area contributed by atoms with Gasteiger partial charge in [0, 0.05) is 17.5 Å². The molecule has 0 saturated heterocycles. The molecule has 2 atom stereocenters. The van der Waals surface area contributed by atoms with E-state index in [0.717, 1.165) is 12.0 Å². The summed E-state index contributed by atoms with van der Waals surface area (Å²) in [6.45, 7) is -0.507. The molecule has 0 spiro atoms. The summed E-state index contributed by atoms with van der Waals surface area (Å²) in [5.41, 5.74) is 0.841. The Kier molecular flexibility index (Phi) is 3.39. The van der Waals surface area contributed by atoms with Crippen LogP contribution >= 0.6 is 0 Å². The summed E-state index contributed by atoms with van der Waals surface area (Å²) >= 11 is 0. The molecule has 1 saturated carbocycles. The fourth-order valence-electron chi connectivity index (χ4n) is 1.95. The van der Waals surface area contributed by atoms with Crippen molar-refractivity contribution in [1.29, 1.82) is 0 Å². The molecule has 1 N–H and O–H groups in total. The highest BCUT2D eigenvalue weighted by molar-refractivity contribution is 5.41. The van der Waals surface area contributed by atoms with Gasteiger partial charge in [0.15, 0.2) is 0 Å². The number of hydrogen-bond acceptors (Lipinski definition) is 2. The molecular formula is C12H15F2NO. The molecule has 1 aromatic carbocycles. The highest BCUT2D eigenvalue weighted by Gasteiger charge is 2.39. The van der Waals surface area contributed by atoms with Crippen LogP contribution in [0, 0.1) is 5.82 Å². The van der Waals surface area contributed by atoms with Gasteiger partial charge in [0.05, 0.1) is 0 Å². The van der Waals surface area contributed by atoms with Gasteiger partial charge in [-0.05, 0) is 31.7 Å². The van der Waals surface area contributed by atoms with E-state index in [4.69, 9.17) is 4.74 Å². The Morgan fingerprint density at radius 1 is 1.50 bits per heavy atom. The van der Waals surface area contributed by atoms with E-state index in [2.05, 4.69) is 5.32 Å². The van der Waals surface area contributed by atoms with E-state index >= 15 is 0 Å². The fraction of sp³-hybridized carbons (Fsp3) is 0.500. The molecule has 1 aliphatic carbocycles. The van der Waals surface area contributed by atoms with Crippen molar-refractivity contribution in [1.82, 2.24) is 5.32 Å². The van der Waals surface area contributed by atoms with E-state index in [1.54, 1.807) is 6.07 Å². The number of halogens is 2. The summed E-state index contributed by atoms with van der Waals surface area (Å²) in [6, 6.07) is 4.78. The van der Waals surface area contributed by atoms with Crippen molar-refractivity contribution >= 4 is 0 Å². The van der Waals surface area contributed by atoms with Gasteiger partial charge >= 0.3 is 0 Å². The molecule has 1 aromatic rings. The maximum atomic E-state index is 13.1. The molecule has 16 heavy (non-hydrogen) atoms. The molecule has 0 aromatic heterocycles. The first-order valence-electron chi connectivity index (χ1n) is 5.41. The summed E-state index contributed by atoms with van der Waals surface area (Å²) in [5, 5.41) is 3.14. The van der Waals surface area contributed by atoms with Gasteiger partial charge in [0.2, 0.25) is 0 Å². The Labute approximate surface area is 93.6 Å². The summed E-state index contributed by atoms with van der Waals surface area (Å²) in [5.74, 6) is 0.612. The Hall–Kier alpha value is -1.16. The van der Waals surface area contributed by atoms with Crippen LogP contribution in [0.5, 0.6) is 5.75 Å². The minimum absolute atomic E-state index is 0.0234. The van der Waals surface area contributed by atoms with Crippen LogP contribution in [0.25, 0.3) is 0 Å². The molecule has 0 bridgehead atoms. The van der Waals surface area contributed by atoms with Crippen LogP contribution < -0.4 is 10.1 Å². The van der Waals surface area contributed by atoms with Crippen molar-refractivity contribution < 1.29 is 13.5 Å². The molecular weight excluding hydrogens is 212 g/mol. The monoisotopic (exact) mass is 227 g/mol. The summed E-state index contributed by atoms with van der Waals surface area (Å²) in [4.78, 5) is 0. The number of ether oxygens (including phenoxy) is 1. The van der Waals surface area contributed by atoms with E-state index < -0.39 is 6.67 Å². The molecule has 4 heteroatoms. The van der Waals surface area contributed by atoms with E-state index in [1.165, 1.54) is 12.1 Å². The molecule has 2 rings (SSSR count). The van der Waals surface area contributed by atoms with Crippen molar-refractivity contribution in [2.24, 2.45) is 0 Å². The smallest absolute Gasteiger partial charge is 0.123 e. The van der Waals surface area contributed by atoms with Crippen molar-refractivity contribution in [2.75, 3.05) is 20.3 Å². The van der Waals surface area contributed by atoms with Crippen LogP contribution in [0.1, 0.15) is 17.9 Å². The lowest BCUT2D eigenvalue weighted by Crippen LogP contribution is -2.11. The molecule has 1 aliphatic rings. The van der Waals surface area contributed by atoms with Crippen molar-refractivity contribution in [2.45, 2.75) is 18.4 Å². The molecule has 2 unspecified atom stereocenters. The molecule has 0 heterocycles. The molecule has 88 valence electrons. The standard InChI is InChI=1S/C12H15F2NO/c1-15-11-7-9(11)10-6-8(14)2-3-12(10)16-5-4-13/h2-3,6,9,11,15H,4-5,7H2,1H3. The Morgan fingerprint density at radius 3 is 2.94 bits per heavy atom. The molecule has 0 amide bonds. The third-order valence-electron chi connectivity index (χ3n) is 2.87. The van der Waals surface area contributed by atoms with Gasteiger partial charge in [-0.3, -0.25) is 0 Å². The van der Waals surface area contributed by atoms with Gasteiger partial charge in [0.25, 0.3) is 0 Å². The van der Waals surface area contributed by atoms with Crippen LogP contribution in [0.15, 0.2) is 18.2 Å². The Bertz CT molecular complexity index is 370. The maximum absolute atomic E-state index is 13.1. The number of nitrogens with one attached hydrogen (secondary N) is 1. The summed E-state index contributed by atoms with van der Waals surface area (Å²) < 4.78 is 30.4. The minimum Gasteiger partial charge on any atom is -0.491 e. The molecule has 1 fully saturated rings. The summed E-state index contributed by atoms with van der Waals surface area (Å²) in [6.07, 6.45) is 0.978. The largest absolute Gasteiger partial charge is 0.491 e.